The van der Waals surface area contributed by atoms with Crippen LogP contribution in [0.5, 0.6) is 11.5 Å². The lowest BCUT2D eigenvalue weighted by atomic mass is 10.2. The molecule has 0 aliphatic carbocycles. The number of hydrogen-bond acceptors (Lipinski definition) is 6. The van der Waals surface area contributed by atoms with E-state index < -0.39 is 18.0 Å². The van der Waals surface area contributed by atoms with Gasteiger partial charge in [-0.15, -0.1) is 11.8 Å². The molecule has 30 heavy (non-hydrogen) atoms. The fourth-order valence-corrected chi connectivity index (χ4v) is 3.14. The average Bonchev–Trinajstić information content (AvgIpc) is 2.76. The third-order valence-electron chi connectivity index (χ3n) is 4.22. The van der Waals surface area contributed by atoms with E-state index in [-0.39, 0.29) is 0 Å². The highest BCUT2D eigenvalue weighted by Gasteiger charge is 2.19. The van der Waals surface area contributed by atoms with Crippen LogP contribution in [-0.4, -0.2) is 24.2 Å². The Kier molecular flexibility index (Phi) is 6.98. The molecule has 3 aromatic rings. The van der Waals surface area contributed by atoms with E-state index in [4.69, 9.17) is 15.2 Å². The molecule has 3 aromatic carbocycles. The Hall–Kier alpha value is -3.45. The molecule has 0 radical (unpaired) electrons. The summed E-state index contributed by atoms with van der Waals surface area (Å²) >= 11 is 1.43. The Morgan fingerprint density at radius 2 is 1.63 bits per heavy atom. The highest BCUT2D eigenvalue weighted by molar-refractivity contribution is 7.98. The molecule has 0 saturated heterocycles. The molecular formula is C23H22N2O4S. The van der Waals surface area contributed by atoms with E-state index in [1.165, 1.54) is 18.7 Å². The van der Waals surface area contributed by atoms with E-state index in [1.807, 2.05) is 36.6 Å². The minimum atomic E-state index is -0.965. The number of nitrogens with one attached hydrogen (secondary N) is 1. The SMILES string of the molecule is CSc1cc(C(=O)O[C@H](C)C(=O)Nc2ccc(Oc3ccccc3)cc2)ccc1N. The van der Waals surface area contributed by atoms with Gasteiger partial charge in [-0.2, -0.15) is 0 Å². The summed E-state index contributed by atoms with van der Waals surface area (Å²) in [4.78, 5) is 25.5. The molecule has 0 saturated carbocycles. The first-order valence-corrected chi connectivity index (χ1v) is 10.5. The highest BCUT2D eigenvalue weighted by Crippen LogP contribution is 2.25. The maximum Gasteiger partial charge on any atom is 0.338 e. The molecule has 0 fully saturated rings. The number of para-hydroxylation sites is 1. The lowest BCUT2D eigenvalue weighted by molar-refractivity contribution is -0.123. The Labute approximate surface area is 179 Å². The first kappa shape index (κ1) is 21.3. The number of hydrogen-bond donors (Lipinski definition) is 2. The summed E-state index contributed by atoms with van der Waals surface area (Å²) in [7, 11) is 0. The molecule has 0 aromatic heterocycles. The number of carbonyl (C=O) groups excluding carboxylic acids is 2. The largest absolute Gasteiger partial charge is 0.457 e. The molecule has 3 N–H and O–H groups in total. The number of amides is 1. The summed E-state index contributed by atoms with van der Waals surface area (Å²) in [6.45, 7) is 1.52. The molecular weight excluding hydrogens is 400 g/mol. The van der Waals surface area contributed by atoms with E-state index in [9.17, 15) is 9.59 Å². The van der Waals surface area contributed by atoms with Gasteiger partial charge in [0.15, 0.2) is 6.10 Å². The Bertz CT molecular complexity index is 1020. The van der Waals surface area contributed by atoms with Crippen LogP contribution in [0.3, 0.4) is 0 Å². The second-order valence-corrected chi connectivity index (χ2v) is 7.28. The standard InChI is InChI=1S/C23H22N2O4S/c1-15(28-23(27)16-8-13-20(24)21(14-16)30-2)22(26)25-17-9-11-19(12-10-17)29-18-6-4-3-5-7-18/h3-15H,24H2,1-2H3,(H,25,26)/t15-/m1/s1. The summed E-state index contributed by atoms with van der Waals surface area (Å²) in [5.74, 6) is 0.355. The van der Waals surface area contributed by atoms with Crippen molar-refractivity contribution in [3.63, 3.8) is 0 Å². The Morgan fingerprint density at radius 1 is 0.967 bits per heavy atom. The van der Waals surface area contributed by atoms with E-state index in [0.717, 1.165) is 10.6 Å². The summed E-state index contributed by atoms with van der Waals surface area (Å²) in [6, 6.07) is 21.2. The van der Waals surface area contributed by atoms with Gasteiger partial charge in [0.1, 0.15) is 11.5 Å². The van der Waals surface area contributed by atoms with Gasteiger partial charge in [-0.3, -0.25) is 4.79 Å². The van der Waals surface area contributed by atoms with Crippen LogP contribution in [0.4, 0.5) is 11.4 Å². The number of thioether (sulfide) groups is 1. The van der Waals surface area contributed by atoms with E-state index >= 15 is 0 Å². The molecule has 0 spiro atoms. The quantitative estimate of drug-likeness (QED) is 0.317. The number of esters is 1. The molecule has 3 rings (SSSR count). The highest BCUT2D eigenvalue weighted by atomic mass is 32.2. The van der Waals surface area contributed by atoms with Crippen molar-refractivity contribution in [1.82, 2.24) is 0 Å². The Morgan fingerprint density at radius 3 is 2.30 bits per heavy atom. The monoisotopic (exact) mass is 422 g/mol. The number of ether oxygens (including phenoxy) is 2. The summed E-state index contributed by atoms with van der Waals surface area (Å²) in [5.41, 5.74) is 7.34. The average molecular weight is 423 g/mol. The molecule has 0 heterocycles. The zero-order valence-corrected chi connectivity index (χ0v) is 17.4. The summed E-state index contributed by atoms with van der Waals surface area (Å²) < 4.78 is 11.0. The maximum absolute atomic E-state index is 12.4. The lowest BCUT2D eigenvalue weighted by Crippen LogP contribution is -2.30. The molecule has 0 aliphatic heterocycles. The van der Waals surface area contributed by atoms with Crippen molar-refractivity contribution >= 4 is 35.0 Å². The second-order valence-electron chi connectivity index (χ2n) is 6.43. The van der Waals surface area contributed by atoms with Crippen LogP contribution in [0.1, 0.15) is 17.3 Å². The summed E-state index contributed by atoms with van der Waals surface area (Å²) in [5, 5.41) is 2.73. The summed E-state index contributed by atoms with van der Waals surface area (Å²) in [6.07, 6.45) is 0.903. The predicted molar refractivity (Wildman–Crippen MR) is 119 cm³/mol. The van der Waals surface area contributed by atoms with Crippen LogP contribution in [0.2, 0.25) is 0 Å². The minimum absolute atomic E-state index is 0.343. The second kappa shape index (κ2) is 9.84. The lowest BCUT2D eigenvalue weighted by Gasteiger charge is -2.14. The van der Waals surface area contributed by atoms with Gasteiger partial charge in [-0.25, -0.2) is 4.79 Å². The van der Waals surface area contributed by atoms with Gasteiger partial charge in [0.05, 0.1) is 5.56 Å². The van der Waals surface area contributed by atoms with Gasteiger partial charge in [0.25, 0.3) is 5.91 Å². The van der Waals surface area contributed by atoms with Gasteiger partial charge in [-0.05, 0) is 67.8 Å². The van der Waals surface area contributed by atoms with Crippen LogP contribution >= 0.6 is 11.8 Å². The number of nitrogens with two attached hydrogens (primary N) is 1. The minimum Gasteiger partial charge on any atom is -0.457 e. The fourth-order valence-electron chi connectivity index (χ4n) is 2.60. The fraction of sp³-hybridized carbons (Fsp3) is 0.130. The molecule has 7 heteroatoms. The van der Waals surface area contributed by atoms with Crippen LogP contribution in [0, 0.1) is 0 Å². The van der Waals surface area contributed by atoms with Crippen molar-refractivity contribution in [2.75, 3.05) is 17.3 Å². The smallest absolute Gasteiger partial charge is 0.338 e. The molecule has 6 nitrogen and oxygen atoms in total. The van der Waals surface area contributed by atoms with Gasteiger partial charge in [-0.1, -0.05) is 18.2 Å². The van der Waals surface area contributed by atoms with E-state index in [2.05, 4.69) is 5.32 Å². The van der Waals surface area contributed by atoms with Crippen LogP contribution < -0.4 is 15.8 Å². The number of nitrogen functional groups attached to an aromatic ring is 1. The third kappa shape index (κ3) is 5.55. The number of rotatable bonds is 7. The molecule has 154 valence electrons. The van der Waals surface area contributed by atoms with E-state index in [0.29, 0.717) is 22.7 Å². The van der Waals surface area contributed by atoms with Crippen LogP contribution in [0.25, 0.3) is 0 Å². The zero-order chi connectivity index (χ0) is 21.5. The van der Waals surface area contributed by atoms with Crippen molar-refractivity contribution in [2.24, 2.45) is 0 Å². The Balaban J connectivity index is 1.56. The zero-order valence-electron chi connectivity index (χ0n) is 16.6. The maximum atomic E-state index is 12.4. The number of benzene rings is 3. The predicted octanol–water partition coefficient (Wildman–Crippen LogP) is 4.97. The molecule has 1 atom stereocenters. The van der Waals surface area contributed by atoms with Gasteiger partial charge in [0, 0.05) is 16.3 Å². The van der Waals surface area contributed by atoms with Crippen molar-refractivity contribution in [3.8, 4) is 11.5 Å². The third-order valence-corrected chi connectivity index (χ3v) is 5.02. The van der Waals surface area contributed by atoms with Gasteiger partial charge < -0.3 is 20.5 Å². The van der Waals surface area contributed by atoms with Gasteiger partial charge in [0.2, 0.25) is 0 Å². The molecule has 0 unspecified atom stereocenters. The van der Waals surface area contributed by atoms with Crippen LogP contribution in [0.15, 0.2) is 77.7 Å². The molecule has 0 aliphatic rings. The van der Waals surface area contributed by atoms with Crippen molar-refractivity contribution < 1.29 is 19.1 Å². The first-order valence-electron chi connectivity index (χ1n) is 9.24. The number of carbonyl (C=O) groups is 2. The van der Waals surface area contributed by atoms with Gasteiger partial charge >= 0.3 is 5.97 Å². The van der Waals surface area contributed by atoms with Crippen molar-refractivity contribution in [2.45, 2.75) is 17.9 Å². The normalized spacial score (nSPS) is 11.4. The molecule has 1 amide bonds. The number of anilines is 2. The first-order chi connectivity index (χ1) is 14.5. The molecule has 0 bridgehead atoms. The van der Waals surface area contributed by atoms with Crippen LogP contribution in [-0.2, 0) is 9.53 Å². The van der Waals surface area contributed by atoms with Crippen molar-refractivity contribution in [3.05, 3.63) is 78.4 Å². The van der Waals surface area contributed by atoms with E-state index in [1.54, 1.807) is 42.5 Å². The topological polar surface area (TPSA) is 90.7 Å². The van der Waals surface area contributed by atoms with Crippen molar-refractivity contribution in [1.29, 1.82) is 0 Å².